The van der Waals surface area contributed by atoms with Crippen molar-refractivity contribution in [3.63, 3.8) is 0 Å². The van der Waals surface area contributed by atoms with E-state index in [2.05, 4.69) is 61.5 Å². The minimum atomic E-state index is 0.0297. The monoisotopic (exact) mass is 299 g/mol. The third kappa shape index (κ3) is 2.49. The van der Waals surface area contributed by atoms with E-state index in [-0.39, 0.29) is 12.1 Å². The van der Waals surface area contributed by atoms with Gasteiger partial charge in [0.25, 0.3) is 0 Å². The van der Waals surface area contributed by atoms with Crippen LogP contribution in [0, 0.1) is 20.8 Å². The maximum atomic E-state index is 6.29. The molecule has 2 aromatic heterocycles. The Morgan fingerprint density at radius 3 is 2.48 bits per heavy atom. The minimum Gasteiger partial charge on any atom is -0.326 e. The maximum absolute atomic E-state index is 6.29. The van der Waals surface area contributed by atoms with Crippen LogP contribution in [0.4, 0.5) is 0 Å². The Morgan fingerprint density at radius 2 is 1.86 bits per heavy atom. The van der Waals surface area contributed by atoms with E-state index in [1.807, 2.05) is 17.7 Å². The number of benzene rings is 1. The smallest absolute Gasteiger partial charge is 0.0964 e. The first-order valence-electron chi connectivity index (χ1n) is 7.23. The molecule has 0 spiro atoms. The summed E-state index contributed by atoms with van der Waals surface area (Å²) in [4.78, 5) is 7.17. The van der Waals surface area contributed by atoms with E-state index in [0.29, 0.717) is 0 Å². The van der Waals surface area contributed by atoms with Gasteiger partial charge in [-0.25, -0.2) is 4.98 Å². The molecule has 2 atom stereocenters. The fourth-order valence-corrected chi connectivity index (χ4v) is 3.86. The molecule has 2 N–H and O–H groups in total. The molecule has 0 aliphatic heterocycles. The molecule has 3 rings (SSSR count). The molecule has 1 aromatic carbocycles. The summed E-state index contributed by atoms with van der Waals surface area (Å²) in [6.07, 6.45) is 1.92. The van der Waals surface area contributed by atoms with Crippen molar-refractivity contribution in [2.45, 2.75) is 39.8 Å². The van der Waals surface area contributed by atoms with Crippen LogP contribution >= 0.6 is 11.3 Å². The molecule has 2 heterocycles. The number of aromatic nitrogens is 2. The topological polar surface area (TPSA) is 43.8 Å². The van der Waals surface area contributed by atoms with Gasteiger partial charge in [0.15, 0.2) is 0 Å². The molecule has 0 fully saturated rings. The molecule has 3 nitrogen and oxygen atoms in total. The number of hydrogen-bond acceptors (Lipinski definition) is 3. The first-order chi connectivity index (χ1) is 9.97. The van der Waals surface area contributed by atoms with Crippen molar-refractivity contribution in [1.29, 1.82) is 0 Å². The lowest BCUT2D eigenvalue weighted by molar-refractivity contribution is 0.514. The predicted octanol–water partition coefficient (Wildman–Crippen LogP) is 3.96. The van der Waals surface area contributed by atoms with Gasteiger partial charge in [-0.2, -0.15) is 0 Å². The Balaban J connectivity index is 2.18. The van der Waals surface area contributed by atoms with E-state index in [1.54, 1.807) is 0 Å². The van der Waals surface area contributed by atoms with Crippen LogP contribution in [0.2, 0.25) is 0 Å². The molecule has 0 saturated heterocycles. The van der Waals surface area contributed by atoms with E-state index in [4.69, 9.17) is 5.73 Å². The van der Waals surface area contributed by atoms with E-state index in [9.17, 15) is 0 Å². The molecule has 0 bridgehead atoms. The van der Waals surface area contributed by atoms with Crippen molar-refractivity contribution in [2.75, 3.05) is 0 Å². The van der Waals surface area contributed by atoms with Crippen molar-refractivity contribution < 1.29 is 0 Å². The summed E-state index contributed by atoms with van der Waals surface area (Å²) >= 11 is 1.81. The largest absolute Gasteiger partial charge is 0.326 e. The van der Waals surface area contributed by atoms with Gasteiger partial charge in [-0.3, -0.25) is 0 Å². The highest BCUT2D eigenvalue weighted by Crippen LogP contribution is 2.31. The molecule has 0 amide bonds. The number of imidazole rings is 1. The maximum Gasteiger partial charge on any atom is 0.0964 e. The van der Waals surface area contributed by atoms with Crippen LogP contribution in [0.15, 0.2) is 30.6 Å². The zero-order valence-electron chi connectivity index (χ0n) is 12.9. The van der Waals surface area contributed by atoms with Crippen LogP contribution in [0.5, 0.6) is 0 Å². The Labute approximate surface area is 129 Å². The Hall–Kier alpha value is -1.65. The van der Waals surface area contributed by atoms with Gasteiger partial charge in [-0.05, 0) is 63.1 Å². The number of fused-ring (bicyclic) bond motifs is 1. The minimum absolute atomic E-state index is 0.0297. The molecular weight excluding hydrogens is 278 g/mol. The number of aryl methyl sites for hydroxylation is 3. The Bertz CT molecular complexity index is 783. The molecule has 21 heavy (non-hydrogen) atoms. The Kier molecular flexibility index (Phi) is 3.59. The SMILES string of the molecule is Cc1ccc(C(C(C)N)n2cnc3cc(C)c(C)cc32)s1. The van der Waals surface area contributed by atoms with Crippen LogP contribution in [-0.4, -0.2) is 15.6 Å². The van der Waals surface area contributed by atoms with Gasteiger partial charge >= 0.3 is 0 Å². The summed E-state index contributed by atoms with van der Waals surface area (Å²) in [7, 11) is 0. The van der Waals surface area contributed by atoms with E-state index < -0.39 is 0 Å². The fraction of sp³-hybridized carbons (Fsp3) is 0.353. The average molecular weight is 299 g/mol. The lowest BCUT2D eigenvalue weighted by Gasteiger charge is -2.22. The Morgan fingerprint density at radius 1 is 1.14 bits per heavy atom. The zero-order chi connectivity index (χ0) is 15.1. The highest BCUT2D eigenvalue weighted by molar-refractivity contribution is 7.12. The summed E-state index contributed by atoms with van der Waals surface area (Å²) in [6.45, 7) is 8.46. The molecule has 110 valence electrons. The molecule has 0 saturated carbocycles. The zero-order valence-corrected chi connectivity index (χ0v) is 13.7. The predicted molar refractivity (Wildman–Crippen MR) is 90.1 cm³/mol. The molecule has 0 aliphatic carbocycles. The molecular formula is C17H21N3S. The van der Waals surface area contributed by atoms with Crippen molar-refractivity contribution >= 4 is 22.4 Å². The van der Waals surface area contributed by atoms with E-state index in [0.717, 1.165) is 11.0 Å². The number of nitrogens with two attached hydrogens (primary N) is 1. The number of rotatable bonds is 3. The first kappa shape index (κ1) is 14.3. The molecule has 0 aliphatic rings. The van der Waals surface area contributed by atoms with Gasteiger partial charge in [0.1, 0.15) is 0 Å². The van der Waals surface area contributed by atoms with Gasteiger partial charge in [0.05, 0.1) is 23.4 Å². The van der Waals surface area contributed by atoms with Crippen molar-refractivity contribution in [2.24, 2.45) is 5.73 Å². The summed E-state index contributed by atoms with van der Waals surface area (Å²) < 4.78 is 2.22. The first-order valence-corrected chi connectivity index (χ1v) is 8.04. The van der Waals surface area contributed by atoms with Gasteiger partial charge in [-0.15, -0.1) is 11.3 Å². The van der Waals surface area contributed by atoms with Gasteiger partial charge in [-0.1, -0.05) is 0 Å². The number of nitrogens with zero attached hydrogens (tertiary/aromatic N) is 2. The van der Waals surface area contributed by atoms with E-state index >= 15 is 0 Å². The van der Waals surface area contributed by atoms with Gasteiger partial charge in [0.2, 0.25) is 0 Å². The second-order valence-electron chi connectivity index (χ2n) is 5.83. The molecule has 2 unspecified atom stereocenters. The third-order valence-corrected chi connectivity index (χ3v) is 5.11. The van der Waals surface area contributed by atoms with E-state index in [1.165, 1.54) is 20.9 Å². The molecule has 4 heteroatoms. The van der Waals surface area contributed by atoms with Gasteiger partial charge in [0, 0.05) is 15.8 Å². The second-order valence-corrected chi connectivity index (χ2v) is 7.15. The van der Waals surface area contributed by atoms with Crippen LogP contribution in [-0.2, 0) is 0 Å². The number of thiophene rings is 1. The summed E-state index contributed by atoms with van der Waals surface area (Å²) in [6, 6.07) is 8.87. The molecule has 0 radical (unpaired) electrons. The number of hydrogen-bond donors (Lipinski definition) is 1. The van der Waals surface area contributed by atoms with Gasteiger partial charge < -0.3 is 10.3 Å². The third-order valence-electron chi connectivity index (χ3n) is 4.04. The van der Waals surface area contributed by atoms with Crippen LogP contribution in [0.3, 0.4) is 0 Å². The van der Waals surface area contributed by atoms with Crippen LogP contribution in [0.25, 0.3) is 11.0 Å². The highest BCUT2D eigenvalue weighted by atomic mass is 32.1. The standard InChI is InChI=1S/C17H21N3S/c1-10-7-14-15(8-11(10)2)20(9-19-14)17(13(4)18)16-6-5-12(3)21-16/h5-9,13,17H,18H2,1-4H3. The van der Waals surface area contributed by atoms with Crippen molar-refractivity contribution in [3.8, 4) is 0 Å². The molecule has 3 aromatic rings. The summed E-state index contributed by atoms with van der Waals surface area (Å²) in [5.41, 5.74) is 11.0. The second kappa shape index (κ2) is 5.28. The van der Waals surface area contributed by atoms with Crippen LogP contribution in [0.1, 0.15) is 33.8 Å². The summed E-state index contributed by atoms with van der Waals surface area (Å²) in [5, 5.41) is 0. The fourth-order valence-electron chi connectivity index (χ4n) is 2.77. The average Bonchev–Trinajstić information content (AvgIpc) is 2.99. The quantitative estimate of drug-likeness (QED) is 0.795. The normalized spacial score (nSPS) is 14.5. The highest BCUT2D eigenvalue weighted by Gasteiger charge is 2.22. The summed E-state index contributed by atoms with van der Waals surface area (Å²) in [5.74, 6) is 0. The van der Waals surface area contributed by atoms with Crippen molar-refractivity contribution in [3.05, 3.63) is 51.5 Å². The van der Waals surface area contributed by atoms with Crippen molar-refractivity contribution in [1.82, 2.24) is 9.55 Å². The lowest BCUT2D eigenvalue weighted by atomic mass is 10.1. The lowest BCUT2D eigenvalue weighted by Crippen LogP contribution is -2.29. The van der Waals surface area contributed by atoms with Crippen LogP contribution < -0.4 is 5.73 Å².